The predicted octanol–water partition coefficient (Wildman–Crippen LogP) is 3.02. The van der Waals surface area contributed by atoms with Crippen LogP contribution in [0.15, 0.2) is 53.3 Å². The normalized spacial score (nSPS) is 11.0. The molecule has 2 heterocycles. The van der Waals surface area contributed by atoms with Gasteiger partial charge in [-0.3, -0.25) is 9.59 Å². The third-order valence-corrected chi connectivity index (χ3v) is 4.44. The molecule has 0 saturated carbocycles. The van der Waals surface area contributed by atoms with Crippen LogP contribution in [0, 0.1) is 19.7 Å². The van der Waals surface area contributed by atoms with Gasteiger partial charge in [-0.05, 0) is 67.4 Å². The van der Waals surface area contributed by atoms with Gasteiger partial charge in [-0.25, -0.2) is 14.0 Å². The zero-order valence-corrected chi connectivity index (χ0v) is 15.9. The van der Waals surface area contributed by atoms with Crippen molar-refractivity contribution >= 4 is 17.1 Å². The Kier molecular flexibility index (Phi) is 4.67. The van der Waals surface area contributed by atoms with Crippen LogP contribution < -0.4 is 10.9 Å². The number of aryl methyl sites for hydroxylation is 2. The van der Waals surface area contributed by atoms with Crippen molar-refractivity contribution in [2.75, 3.05) is 5.32 Å². The Labute approximate surface area is 165 Å². The molecule has 1 amide bonds. The molecule has 2 aromatic heterocycles. The van der Waals surface area contributed by atoms with Crippen molar-refractivity contribution in [1.82, 2.24) is 19.8 Å². The number of aromatic amines is 1. The number of aromatic nitrogens is 4. The Morgan fingerprint density at radius 2 is 1.79 bits per heavy atom. The van der Waals surface area contributed by atoms with Gasteiger partial charge in [0.25, 0.3) is 5.56 Å². The smallest absolute Gasteiger partial charge is 0.290 e. The van der Waals surface area contributed by atoms with E-state index in [1.54, 1.807) is 18.2 Å². The highest BCUT2D eigenvalue weighted by Crippen LogP contribution is 2.19. The first kappa shape index (κ1) is 18.5. The van der Waals surface area contributed by atoms with Gasteiger partial charge in [0.15, 0.2) is 5.82 Å². The van der Waals surface area contributed by atoms with Crippen LogP contribution in [-0.4, -0.2) is 25.7 Å². The van der Waals surface area contributed by atoms with E-state index in [0.717, 1.165) is 11.1 Å². The lowest BCUT2D eigenvalue weighted by Crippen LogP contribution is -2.22. The summed E-state index contributed by atoms with van der Waals surface area (Å²) in [5.41, 5.74) is 3.75. The molecule has 0 saturated heterocycles. The highest BCUT2D eigenvalue weighted by Gasteiger charge is 2.15. The van der Waals surface area contributed by atoms with Crippen LogP contribution in [-0.2, 0) is 11.2 Å². The van der Waals surface area contributed by atoms with Crippen molar-refractivity contribution in [3.63, 3.8) is 0 Å². The van der Waals surface area contributed by atoms with Gasteiger partial charge in [0.05, 0.1) is 12.1 Å². The fraction of sp³-hybridized carbons (Fsp3) is 0.143. The molecule has 0 radical (unpaired) electrons. The quantitative estimate of drug-likeness (QED) is 0.559. The molecular formula is C21H18FN5O2. The van der Waals surface area contributed by atoms with Crippen molar-refractivity contribution in [2.45, 2.75) is 20.3 Å². The lowest BCUT2D eigenvalue weighted by atomic mass is 10.1. The molecule has 0 spiro atoms. The molecule has 0 aliphatic rings. The second-order valence-corrected chi connectivity index (χ2v) is 6.90. The van der Waals surface area contributed by atoms with E-state index in [2.05, 4.69) is 20.6 Å². The Balaban J connectivity index is 1.65. The van der Waals surface area contributed by atoms with Crippen LogP contribution in [0.2, 0.25) is 0 Å². The largest absolute Gasteiger partial charge is 0.326 e. The van der Waals surface area contributed by atoms with Gasteiger partial charge < -0.3 is 5.32 Å². The summed E-state index contributed by atoms with van der Waals surface area (Å²) in [5, 5.41) is 13.6. The van der Waals surface area contributed by atoms with E-state index < -0.39 is 5.56 Å². The van der Waals surface area contributed by atoms with Crippen molar-refractivity contribution in [3.8, 4) is 11.3 Å². The number of rotatable bonds is 4. The molecular weight excluding hydrogens is 373 g/mol. The summed E-state index contributed by atoms with van der Waals surface area (Å²) in [6, 6.07) is 13.1. The maximum Gasteiger partial charge on any atom is 0.290 e. The number of nitrogens with one attached hydrogen (secondary N) is 2. The molecule has 146 valence electrons. The first-order chi connectivity index (χ1) is 13.9. The van der Waals surface area contributed by atoms with Gasteiger partial charge in [0.1, 0.15) is 11.3 Å². The summed E-state index contributed by atoms with van der Waals surface area (Å²) >= 11 is 0. The van der Waals surface area contributed by atoms with Crippen LogP contribution in [0.1, 0.15) is 17.0 Å². The minimum atomic E-state index is -0.427. The second-order valence-electron chi connectivity index (χ2n) is 6.90. The molecule has 0 bridgehead atoms. The van der Waals surface area contributed by atoms with Crippen molar-refractivity contribution < 1.29 is 9.18 Å². The van der Waals surface area contributed by atoms with Crippen LogP contribution in [0.5, 0.6) is 0 Å². The fourth-order valence-corrected chi connectivity index (χ4v) is 3.23. The summed E-state index contributed by atoms with van der Waals surface area (Å²) in [7, 11) is 0. The van der Waals surface area contributed by atoms with Gasteiger partial charge in [-0.1, -0.05) is 6.07 Å². The number of hydrogen-bond donors (Lipinski definition) is 2. The number of hydrogen-bond acceptors (Lipinski definition) is 4. The number of halogens is 1. The molecule has 8 heteroatoms. The summed E-state index contributed by atoms with van der Waals surface area (Å²) in [4.78, 5) is 24.7. The van der Waals surface area contributed by atoms with E-state index in [1.165, 1.54) is 16.6 Å². The predicted molar refractivity (Wildman–Crippen MR) is 107 cm³/mol. The van der Waals surface area contributed by atoms with Crippen LogP contribution in [0.25, 0.3) is 16.8 Å². The molecule has 0 aliphatic carbocycles. The lowest BCUT2D eigenvalue weighted by molar-refractivity contribution is -0.115. The van der Waals surface area contributed by atoms with Gasteiger partial charge in [0.2, 0.25) is 5.91 Å². The minimum absolute atomic E-state index is 0.0786. The number of fused-ring (bicyclic) bond motifs is 1. The first-order valence-corrected chi connectivity index (χ1v) is 9.00. The number of amides is 1. The summed E-state index contributed by atoms with van der Waals surface area (Å²) in [6.07, 6.45) is -0.0786. The van der Waals surface area contributed by atoms with Crippen LogP contribution in [0.4, 0.5) is 10.1 Å². The van der Waals surface area contributed by atoms with Gasteiger partial charge in [-0.15, -0.1) is 0 Å². The zero-order chi connectivity index (χ0) is 20.5. The highest BCUT2D eigenvalue weighted by molar-refractivity contribution is 5.92. The number of anilines is 1. The molecule has 29 heavy (non-hydrogen) atoms. The van der Waals surface area contributed by atoms with E-state index in [4.69, 9.17) is 0 Å². The summed E-state index contributed by atoms with van der Waals surface area (Å²) < 4.78 is 14.5. The van der Waals surface area contributed by atoms with Crippen molar-refractivity contribution in [3.05, 3.63) is 81.7 Å². The second kappa shape index (κ2) is 7.31. The Bertz CT molecular complexity index is 1250. The molecule has 0 atom stereocenters. The maximum atomic E-state index is 13.2. The lowest BCUT2D eigenvalue weighted by Gasteiger charge is -2.08. The summed E-state index contributed by atoms with van der Waals surface area (Å²) in [5.74, 6) is -0.356. The average Bonchev–Trinajstić information content (AvgIpc) is 3.10. The third kappa shape index (κ3) is 3.91. The molecule has 2 aromatic carbocycles. The SMILES string of the molecule is Cc1cc(C)cc(NC(=O)Cc2n[nH]c(=O)c3cc(-c4ccc(F)cc4)nn23)c1. The molecule has 2 N–H and O–H groups in total. The molecule has 0 aliphatic heterocycles. The number of carbonyl (C=O) groups is 1. The van der Waals surface area contributed by atoms with Crippen molar-refractivity contribution in [1.29, 1.82) is 0 Å². The average molecular weight is 391 g/mol. The van der Waals surface area contributed by atoms with Crippen LogP contribution in [0.3, 0.4) is 0 Å². The molecule has 7 nitrogen and oxygen atoms in total. The molecule has 0 unspecified atom stereocenters. The van der Waals surface area contributed by atoms with Gasteiger partial charge in [-0.2, -0.15) is 10.2 Å². The Morgan fingerprint density at radius 1 is 1.10 bits per heavy atom. The number of benzene rings is 2. The van der Waals surface area contributed by atoms with Gasteiger partial charge in [0, 0.05) is 11.3 Å². The Morgan fingerprint density at radius 3 is 2.48 bits per heavy atom. The van der Waals surface area contributed by atoms with Crippen LogP contribution >= 0.6 is 0 Å². The van der Waals surface area contributed by atoms with E-state index in [-0.39, 0.29) is 29.5 Å². The van der Waals surface area contributed by atoms with E-state index in [1.807, 2.05) is 32.0 Å². The first-order valence-electron chi connectivity index (χ1n) is 9.00. The number of carbonyl (C=O) groups excluding carboxylic acids is 1. The van der Waals surface area contributed by atoms with E-state index >= 15 is 0 Å². The summed E-state index contributed by atoms with van der Waals surface area (Å²) in [6.45, 7) is 3.91. The monoisotopic (exact) mass is 391 g/mol. The van der Waals surface area contributed by atoms with E-state index in [9.17, 15) is 14.0 Å². The highest BCUT2D eigenvalue weighted by atomic mass is 19.1. The number of H-pyrrole nitrogens is 1. The molecule has 0 fully saturated rings. The maximum absolute atomic E-state index is 13.2. The Hall–Kier alpha value is -3.81. The molecule has 4 rings (SSSR count). The van der Waals surface area contributed by atoms with Crippen molar-refractivity contribution in [2.24, 2.45) is 0 Å². The van der Waals surface area contributed by atoms with E-state index in [0.29, 0.717) is 16.9 Å². The third-order valence-electron chi connectivity index (χ3n) is 4.44. The molecule has 4 aromatic rings. The standard InChI is InChI=1S/C21H18FN5O2/c1-12-7-13(2)9-16(8-12)23-20(28)11-19-24-25-21(29)18-10-17(26-27(18)19)14-3-5-15(22)6-4-14/h3-10H,11H2,1-2H3,(H,23,28)(H,25,29). The topological polar surface area (TPSA) is 92.1 Å². The van der Waals surface area contributed by atoms with Gasteiger partial charge >= 0.3 is 0 Å². The fourth-order valence-electron chi connectivity index (χ4n) is 3.23. The zero-order valence-electron chi connectivity index (χ0n) is 15.9. The minimum Gasteiger partial charge on any atom is -0.326 e. The number of nitrogens with zero attached hydrogens (tertiary/aromatic N) is 3.